The van der Waals surface area contributed by atoms with Crippen molar-refractivity contribution < 1.29 is 14.6 Å². The summed E-state index contributed by atoms with van der Waals surface area (Å²) in [5.41, 5.74) is 0. The monoisotopic (exact) mass is 593 g/mol. The Morgan fingerprint density at radius 2 is 0.762 bits per heavy atom. The second-order valence-electron chi connectivity index (χ2n) is 12.6. The first kappa shape index (κ1) is 41.4. The smallest absolute Gasteiger partial charge is 0.104 e. The summed E-state index contributed by atoms with van der Waals surface area (Å²) in [6, 6.07) is 0. The predicted molar refractivity (Wildman–Crippen MR) is 187 cm³/mol. The Balaban J connectivity index is 3.32. The molecule has 3 nitrogen and oxygen atoms in total. The average Bonchev–Trinajstić information content (AvgIpc) is 3.00. The molecule has 0 fully saturated rings. The molecular weight excluding hydrogens is 516 g/mol. The van der Waals surface area contributed by atoms with Crippen LogP contribution in [0.5, 0.6) is 0 Å². The number of ether oxygens (including phenoxy) is 2. The van der Waals surface area contributed by atoms with Gasteiger partial charge in [-0.15, -0.1) is 0 Å². The van der Waals surface area contributed by atoms with Crippen LogP contribution >= 0.6 is 0 Å². The lowest BCUT2D eigenvalue weighted by Gasteiger charge is -2.15. The molecule has 1 N–H and O–H groups in total. The van der Waals surface area contributed by atoms with E-state index in [0.717, 1.165) is 26.1 Å². The van der Waals surface area contributed by atoms with Crippen LogP contribution in [-0.4, -0.2) is 37.6 Å². The Bertz CT molecular complexity index is 530. The van der Waals surface area contributed by atoms with Gasteiger partial charge in [0.2, 0.25) is 0 Å². The molecule has 0 heterocycles. The van der Waals surface area contributed by atoms with Crippen molar-refractivity contribution in [3.63, 3.8) is 0 Å². The summed E-state index contributed by atoms with van der Waals surface area (Å²) in [7, 11) is 0. The van der Waals surface area contributed by atoms with Crippen LogP contribution in [0.1, 0.15) is 194 Å². The van der Waals surface area contributed by atoms with Crippen LogP contribution in [0.4, 0.5) is 0 Å². The van der Waals surface area contributed by atoms with Crippen LogP contribution in [-0.2, 0) is 9.47 Å². The van der Waals surface area contributed by atoms with E-state index in [4.69, 9.17) is 9.47 Å². The molecule has 250 valence electrons. The molecular formula is C39H76O3. The van der Waals surface area contributed by atoms with Crippen molar-refractivity contribution in [3.8, 4) is 0 Å². The number of hydrogen-bond donors (Lipinski definition) is 1. The Labute approximate surface area is 264 Å². The van der Waals surface area contributed by atoms with Crippen molar-refractivity contribution in [2.24, 2.45) is 0 Å². The van der Waals surface area contributed by atoms with Gasteiger partial charge in [0, 0.05) is 13.2 Å². The van der Waals surface area contributed by atoms with Crippen molar-refractivity contribution in [2.45, 2.75) is 200 Å². The van der Waals surface area contributed by atoms with Gasteiger partial charge in [-0.05, 0) is 64.2 Å². The summed E-state index contributed by atoms with van der Waals surface area (Å²) >= 11 is 0. The van der Waals surface area contributed by atoms with Crippen molar-refractivity contribution in [2.75, 3.05) is 26.4 Å². The molecule has 0 saturated carbocycles. The van der Waals surface area contributed by atoms with Gasteiger partial charge in [-0.25, -0.2) is 0 Å². The van der Waals surface area contributed by atoms with E-state index in [1.807, 2.05) is 0 Å². The molecule has 0 aromatic rings. The zero-order chi connectivity index (χ0) is 30.4. The summed E-state index contributed by atoms with van der Waals surface area (Å²) < 4.78 is 11.6. The zero-order valence-electron chi connectivity index (χ0n) is 28.8. The molecule has 1 atom stereocenters. The zero-order valence-corrected chi connectivity index (χ0v) is 28.8. The predicted octanol–water partition coefficient (Wildman–Crippen LogP) is 12.5. The molecule has 1 unspecified atom stereocenters. The molecule has 0 saturated heterocycles. The third-order valence-corrected chi connectivity index (χ3v) is 8.32. The average molecular weight is 593 g/mol. The van der Waals surface area contributed by atoms with Gasteiger partial charge in [0.15, 0.2) is 0 Å². The van der Waals surface area contributed by atoms with Crippen LogP contribution in [0, 0.1) is 0 Å². The van der Waals surface area contributed by atoms with Crippen molar-refractivity contribution in [1.82, 2.24) is 0 Å². The summed E-state index contributed by atoms with van der Waals surface area (Å²) in [6.07, 6.45) is 46.4. The van der Waals surface area contributed by atoms with Crippen molar-refractivity contribution in [1.29, 1.82) is 0 Å². The molecule has 0 aromatic heterocycles. The SMILES string of the molecule is CCCCCCCC/C=C/CCCCCCCCOCC(CO)OCCCCCCCC/C=C/CCCCCCCC. The third-order valence-electron chi connectivity index (χ3n) is 8.32. The van der Waals surface area contributed by atoms with Gasteiger partial charge in [0.1, 0.15) is 6.10 Å². The van der Waals surface area contributed by atoms with E-state index < -0.39 is 0 Å². The van der Waals surface area contributed by atoms with Crippen LogP contribution < -0.4 is 0 Å². The van der Waals surface area contributed by atoms with E-state index in [1.54, 1.807) is 0 Å². The summed E-state index contributed by atoms with van der Waals surface area (Å²) in [4.78, 5) is 0. The highest BCUT2D eigenvalue weighted by atomic mass is 16.5. The van der Waals surface area contributed by atoms with E-state index in [1.165, 1.54) is 167 Å². The van der Waals surface area contributed by atoms with E-state index >= 15 is 0 Å². The highest BCUT2D eigenvalue weighted by molar-refractivity contribution is 4.82. The number of aliphatic hydroxyl groups excluding tert-OH is 1. The van der Waals surface area contributed by atoms with E-state index in [9.17, 15) is 5.11 Å². The minimum Gasteiger partial charge on any atom is -0.394 e. The molecule has 0 bridgehead atoms. The molecule has 0 amide bonds. The summed E-state index contributed by atoms with van der Waals surface area (Å²) in [5, 5.41) is 9.59. The van der Waals surface area contributed by atoms with Crippen LogP contribution in [0.25, 0.3) is 0 Å². The first-order chi connectivity index (χ1) is 20.8. The molecule has 3 heteroatoms. The summed E-state index contributed by atoms with van der Waals surface area (Å²) in [6.45, 7) is 6.67. The van der Waals surface area contributed by atoms with Gasteiger partial charge in [-0.1, -0.05) is 154 Å². The Morgan fingerprint density at radius 3 is 1.14 bits per heavy atom. The third kappa shape index (κ3) is 35.6. The lowest BCUT2D eigenvalue weighted by Crippen LogP contribution is -2.24. The molecule has 0 aliphatic heterocycles. The fourth-order valence-electron chi connectivity index (χ4n) is 5.42. The second-order valence-corrected chi connectivity index (χ2v) is 12.6. The highest BCUT2D eigenvalue weighted by Crippen LogP contribution is 2.12. The molecule has 0 rings (SSSR count). The lowest BCUT2D eigenvalue weighted by molar-refractivity contribution is -0.0437. The number of aliphatic hydroxyl groups is 1. The van der Waals surface area contributed by atoms with Gasteiger partial charge in [-0.3, -0.25) is 0 Å². The fourth-order valence-corrected chi connectivity index (χ4v) is 5.42. The Morgan fingerprint density at radius 1 is 0.429 bits per heavy atom. The second kappa shape index (κ2) is 38.4. The maximum atomic E-state index is 9.59. The maximum absolute atomic E-state index is 9.59. The van der Waals surface area contributed by atoms with Gasteiger partial charge >= 0.3 is 0 Å². The Kier molecular flexibility index (Phi) is 37.8. The first-order valence-corrected chi connectivity index (χ1v) is 18.9. The molecule has 0 aliphatic rings. The van der Waals surface area contributed by atoms with E-state index in [0.29, 0.717) is 6.61 Å². The number of rotatable bonds is 36. The van der Waals surface area contributed by atoms with Gasteiger partial charge in [0.05, 0.1) is 13.2 Å². The van der Waals surface area contributed by atoms with E-state index in [-0.39, 0.29) is 12.7 Å². The standard InChI is InChI=1S/C39H76O3/c1-3-5-7-9-11-13-15-17-19-21-23-25-27-29-31-33-35-41-38-39(37-40)42-36-34-32-30-28-26-24-22-20-18-16-14-12-10-8-6-4-2/h17-20,39-40H,3-16,21-38H2,1-2H3/b19-17+,20-18+. The van der Waals surface area contributed by atoms with E-state index in [2.05, 4.69) is 38.2 Å². The largest absolute Gasteiger partial charge is 0.394 e. The maximum Gasteiger partial charge on any atom is 0.104 e. The number of hydrogen-bond acceptors (Lipinski definition) is 3. The van der Waals surface area contributed by atoms with Gasteiger partial charge < -0.3 is 14.6 Å². The number of unbranched alkanes of at least 4 members (excludes halogenated alkanes) is 24. The molecule has 0 radical (unpaired) electrons. The van der Waals surface area contributed by atoms with Crippen LogP contribution in [0.15, 0.2) is 24.3 Å². The minimum absolute atomic E-state index is 0.0553. The normalized spacial score (nSPS) is 12.7. The molecule has 42 heavy (non-hydrogen) atoms. The van der Waals surface area contributed by atoms with Gasteiger partial charge in [-0.2, -0.15) is 0 Å². The van der Waals surface area contributed by atoms with Crippen molar-refractivity contribution in [3.05, 3.63) is 24.3 Å². The molecule has 0 aliphatic carbocycles. The highest BCUT2D eigenvalue weighted by Gasteiger charge is 2.07. The molecule has 0 aromatic carbocycles. The topological polar surface area (TPSA) is 38.7 Å². The van der Waals surface area contributed by atoms with Crippen LogP contribution in [0.2, 0.25) is 0 Å². The number of allylic oxidation sites excluding steroid dienone is 4. The van der Waals surface area contributed by atoms with Crippen LogP contribution in [0.3, 0.4) is 0 Å². The quantitative estimate of drug-likeness (QED) is 0.0581. The van der Waals surface area contributed by atoms with Gasteiger partial charge in [0.25, 0.3) is 0 Å². The summed E-state index contributed by atoms with van der Waals surface area (Å²) in [5.74, 6) is 0. The molecule has 0 spiro atoms. The minimum atomic E-state index is -0.165. The van der Waals surface area contributed by atoms with Crippen molar-refractivity contribution >= 4 is 0 Å². The fraction of sp³-hybridized carbons (Fsp3) is 0.897. The first-order valence-electron chi connectivity index (χ1n) is 18.9. The lowest BCUT2D eigenvalue weighted by atomic mass is 10.1. The Hall–Kier alpha value is -0.640.